The molecular weight excluding hydrogens is 838 g/mol. The highest BCUT2D eigenvalue weighted by Crippen LogP contribution is 2.38. The second kappa shape index (κ2) is 25.1. The van der Waals surface area contributed by atoms with E-state index in [1.165, 1.54) is 25.0 Å². The van der Waals surface area contributed by atoms with Gasteiger partial charge in [-0.15, -0.1) is 0 Å². The molecule has 3 heterocycles. The minimum Gasteiger partial charge on any atom is -0.460 e. The first-order chi connectivity index (χ1) is 30.7. The number of alkyl halides is 1. The number of methoxy groups -OCH3 is 3. The number of ether oxygens (including phenoxy) is 5. The summed E-state index contributed by atoms with van der Waals surface area (Å²) in [6.45, 7) is 12.4. The summed E-state index contributed by atoms with van der Waals surface area (Å²) in [5.74, 6) is -8.44. The number of aliphatic hydroxyl groups is 2. The SMILES string of the molecule is CO[C@H]1C[C@@H]2CC[C@@H](C)[C@@](O)(O2)C(=O)C(=O)N2CCCC[C@H]2C(=O)OC([C@H](C)CC2CC[C@@H](O)[C@H](OC)C2)CC(=O)[C@H](C)/C=C(\C)C(F)[C@@H](OC)C(=O)C(C)C[C@H](C)/C=C/C=CC=C1C. The molecule has 0 aromatic rings. The lowest BCUT2D eigenvalue weighted by Crippen LogP contribution is -2.61. The largest absolute Gasteiger partial charge is 0.460 e. The standard InChI is InChI=1S/C51H78FNO12/c1-30-16-12-11-13-17-31(2)42(61-8)28-38-21-19-36(7)51(60,65-38)48(57)49(58)53-23-15-14-18-39(53)50(59)64-43(33(4)26-37-20-22-40(54)44(27-37)62-9)29-41(55)32(3)25-34(5)45(52)47(63-10)46(56)35(6)24-30/h11-13,16-17,25,30,32-33,35-40,42-45,47,54,60H,14-15,18-24,26-29H2,1-10H3/b13-11?,16-12+,31-17?,34-25+/t30-,32-,33-,35?,36-,37?,38+,39+,40-,42+,43?,44-,45?,47-,51-/m1/s1. The number of halogens is 1. The van der Waals surface area contributed by atoms with Crippen LogP contribution in [0.1, 0.15) is 126 Å². The van der Waals surface area contributed by atoms with Crippen LogP contribution in [-0.4, -0.2) is 127 Å². The number of carbonyl (C=O) groups excluding carboxylic acids is 5. The van der Waals surface area contributed by atoms with Gasteiger partial charge in [-0.05, 0) is 107 Å². The number of esters is 1. The van der Waals surface area contributed by atoms with Crippen LogP contribution in [0.2, 0.25) is 0 Å². The maximum absolute atomic E-state index is 16.2. The zero-order valence-electron chi connectivity index (χ0n) is 40.5. The van der Waals surface area contributed by atoms with Crippen LogP contribution in [0.3, 0.4) is 0 Å². The fourth-order valence-corrected chi connectivity index (χ4v) is 10.1. The van der Waals surface area contributed by atoms with Crippen molar-refractivity contribution in [3.05, 3.63) is 47.6 Å². The van der Waals surface area contributed by atoms with E-state index in [1.54, 1.807) is 35.0 Å². The van der Waals surface area contributed by atoms with Crippen LogP contribution in [0.25, 0.3) is 0 Å². The van der Waals surface area contributed by atoms with E-state index in [0.29, 0.717) is 64.2 Å². The van der Waals surface area contributed by atoms with E-state index in [2.05, 4.69) is 0 Å². The van der Waals surface area contributed by atoms with Crippen molar-refractivity contribution in [2.45, 2.75) is 180 Å². The normalized spacial score (nSPS) is 39.1. The lowest BCUT2D eigenvalue weighted by Gasteiger charge is -2.42. The number of carbonyl (C=O) groups is 5. The number of Topliss-reactive ketones (excluding diaryl/α,β-unsaturated/α-hetero) is 3. The highest BCUT2D eigenvalue weighted by molar-refractivity contribution is 6.39. The molecule has 0 spiro atoms. The molecule has 2 saturated heterocycles. The molecule has 3 fully saturated rings. The summed E-state index contributed by atoms with van der Waals surface area (Å²) >= 11 is 0. The predicted molar refractivity (Wildman–Crippen MR) is 244 cm³/mol. The zero-order chi connectivity index (χ0) is 48.2. The number of ketones is 3. The van der Waals surface area contributed by atoms with Gasteiger partial charge in [-0.2, -0.15) is 0 Å². The van der Waals surface area contributed by atoms with Crippen molar-refractivity contribution in [2.75, 3.05) is 27.9 Å². The number of cyclic esters (lactones) is 1. The highest BCUT2D eigenvalue weighted by Gasteiger charge is 2.53. The van der Waals surface area contributed by atoms with Crippen molar-refractivity contribution in [3.8, 4) is 0 Å². The highest BCUT2D eigenvalue weighted by atomic mass is 19.1. The molecule has 0 aromatic heterocycles. The molecule has 13 nitrogen and oxygen atoms in total. The Labute approximate surface area is 386 Å². The summed E-state index contributed by atoms with van der Waals surface area (Å²) in [7, 11) is 4.42. The van der Waals surface area contributed by atoms with Gasteiger partial charge in [-0.3, -0.25) is 19.2 Å². The topological polar surface area (TPSA) is 175 Å². The zero-order valence-corrected chi connectivity index (χ0v) is 40.5. The minimum atomic E-state index is -2.44. The van der Waals surface area contributed by atoms with Crippen LogP contribution < -0.4 is 0 Å². The fourth-order valence-electron chi connectivity index (χ4n) is 10.1. The first kappa shape index (κ1) is 54.2. The van der Waals surface area contributed by atoms with Gasteiger partial charge < -0.3 is 38.8 Å². The van der Waals surface area contributed by atoms with Crippen LogP contribution >= 0.6 is 0 Å². The van der Waals surface area contributed by atoms with Gasteiger partial charge in [0.15, 0.2) is 18.1 Å². The maximum Gasteiger partial charge on any atom is 0.329 e. The smallest absolute Gasteiger partial charge is 0.329 e. The van der Waals surface area contributed by atoms with Gasteiger partial charge in [-0.1, -0.05) is 71.1 Å². The molecule has 3 aliphatic heterocycles. The number of nitrogens with zero attached hydrogens (tertiary/aromatic N) is 1. The molecule has 15 atom stereocenters. The van der Waals surface area contributed by atoms with Crippen molar-refractivity contribution < 1.29 is 62.3 Å². The summed E-state index contributed by atoms with van der Waals surface area (Å²) in [6.07, 6.45) is 9.94. The number of amides is 1. The number of fused-ring (bicyclic) bond motifs is 3. The van der Waals surface area contributed by atoms with Gasteiger partial charge >= 0.3 is 5.97 Å². The number of rotatable bonds is 6. The van der Waals surface area contributed by atoms with Crippen LogP contribution in [-0.2, 0) is 47.7 Å². The third-order valence-electron chi connectivity index (χ3n) is 14.4. The Balaban J connectivity index is 1.70. The second-order valence-electron chi connectivity index (χ2n) is 19.5. The molecule has 2 bridgehead atoms. The molecule has 4 rings (SSSR count). The van der Waals surface area contributed by atoms with Gasteiger partial charge in [-0.25, -0.2) is 9.18 Å². The molecule has 366 valence electrons. The van der Waals surface area contributed by atoms with Crippen molar-refractivity contribution in [1.82, 2.24) is 4.90 Å². The Hall–Kier alpha value is -3.40. The van der Waals surface area contributed by atoms with Crippen LogP contribution in [0.5, 0.6) is 0 Å². The summed E-state index contributed by atoms with van der Waals surface area (Å²) < 4.78 is 45.4. The second-order valence-corrected chi connectivity index (χ2v) is 19.5. The van der Waals surface area contributed by atoms with Crippen molar-refractivity contribution in [1.29, 1.82) is 0 Å². The van der Waals surface area contributed by atoms with Gasteiger partial charge in [0.25, 0.3) is 11.7 Å². The molecule has 1 amide bonds. The average Bonchev–Trinajstić information content (AvgIpc) is 3.28. The minimum absolute atomic E-state index is 0.0215. The summed E-state index contributed by atoms with van der Waals surface area (Å²) in [4.78, 5) is 71.6. The predicted octanol–water partition coefficient (Wildman–Crippen LogP) is 7.16. The molecule has 14 heteroatoms. The first-order valence-electron chi connectivity index (χ1n) is 23.9. The molecule has 0 radical (unpaired) electrons. The maximum atomic E-state index is 16.2. The van der Waals surface area contributed by atoms with E-state index < -0.39 is 83.9 Å². The molecule has 4 unspecified atom stereocenters. The van der Waals surface area contributed by atoms with E-state index >= 15 is 4.39 Å². The summed E-state index contributed by atoms with van der Waals surface area (Å²) in [6, 6.07) is -1.16. The molecular formula is C51H78FNO12. The van der Waals surface area contributed by atoms with E-state index in [-0.39, 0.29) is 60.4 Å². The Morgan fingerprint density at radius 2 is 1.60 bits per heavy atom. The van der Waals surface area contributed by atoms with Gasteiger partial charge in [0.05, 0.1) is 24.4 Å². The van der Waals surface area contributed by atoms with Crippen molar-refractivity contribution in [3.63, 3.8) is 0 Å². The summed E-state index contributed by atoms with van der Waals surface area (Å²) in [5.41, 5.74) is 1.03. The Bertz CT molecular complexity index is 1760. The monoisotopic (exact) mass is 916 g/mol. The lowest BCUT2D eigenvalue weighted by atomic mass is 9.78. The van der Waals surface area contributed by atoms with E-state index in [4.69, 9.17) is 23.7 Å². The molecule has 65 heavy (non-hydrogen) atoms. The molecule has 1 aliphatic carbocycles. The van der Waals surface area contributed by atoms with Crippen LogP contribution in [0.4, 0.5) is 4.39 Å². The first-order valence-corrected chi connectivity index (χ1v) is 23.9. The van der Waals surface area contributed by atoms with Gasteiger partial charge in [0, 0.05) is 58.5 Å². The van der Waals surface area contributed by atoms with Gasteiger partial charge in [0.1, 0.15) is 17.9 Å². The van der Waals surface area contributed by atoms with Crippen LogP contribution in [0, 0.1) is 35.5 Å². The quantitative estimate of drug-likeness (QED) is 0.157. The Morgan fingerprint density at radius 3 is 2.28 bits per heavy atom. The van der Waals surface area contributed by atoms with E-state index in [1.807, 2.05) is 51.2 Å². The average molecular weight is 916 g/mol. The third-order valence-corrected chi connectivity index (χ3v) is 14.4. The molecule has 1 saturated carbocycles. The number of hydrogen-bond acceptors (Lipinski definition) is 12. The number of hydrogen-bond donors (Lipinski definition) is 2. The Kier molecular flexibility index (Phi) is 20.9. The number of piperidine rings is 1. The fraction of sp³-hybridized carbons (Fsp3) is 0.745. The van der Waals surface area contributed by atoms with E-state index in [9.17, 15) is 34.2 Å². The van der Waals surface area contributed by atoms with Gasteiger partial charge in [0.2, 0.25) is 5.79 Å². The summed E-state index contributed by atoms with van der Waals surface area (Å²) in [5, 5.41) is 22.4. The Morgan fingerprint density at radius 1 is 0.877 bits per heavy atom. The van der Waals surface area contributed by atoms with Crippen molar-refractivity contribution in [2.24, 2.45) is 35.5 Å². The van der Waals surface area contributed by atoms with E-state index in [0.717, 1.165) is 5.57 Å². The lowest BCUT2D eigenvalue weighted by molar-refractivity contribution is -0.265. The molecule has 4 aliphatic rings. The number of allylic oxidation sites excluding steroid dienone is 6. The van der Waals surface area contributed by atoms with Crippen LogP contribution in [0.15, 0.2) is 47.6 Å². The van der Waals surface area contributed by atoms with Crippen molar-refractivity contribution >= 4 is 29.2 Å². The molecule has 0 aromatic carbocycles. The third kappa shape index (κ3) is 14.3. The number of aliphatic hydroxyl groups excluding tert-OH is 1. The molecule has 2 N–H and O–H groups in total.